The Labute approximate surface area is 227 Å². The van der Waals surface area contributed by atoms with Crippen LogP contribution in [0.4, 0.5) is 0 Å². The molecule has 0 saturated carbocycles. The number of benzene rings is 2. The minimum absolute atomic E-state index is 0.0446. The molecule has 9 heteroatoms. The van der Waals surface area contributed by atoms with Crippen molar-refractivity contribution < 1.29 is 22.4 Å². The van der Waals surface area contributed by atoms with Crippen LogP contribution < -0.4 is 4.74 Å². The molecule has 0 saturated heterocycles. The normalized spacial score (nSPS) is 15.4. The molecule has 0 bridgehead atoms. The fourth-order valence-electron chi connectivity index (χ4n) is 4.59. The van der Waals surface area contributed by atoms with Crippen LogP contribution in [0.2, 0.25) is 0 Å². The minimum atomic E-state index is -3.96. The Morgan fingerprint density at radius 2 is 1.76 bits per heavy atom. The maximum atomic E-state index is 13.8. The molecule has 0 radical (unpaired) electrons. The third kappa shape index (κ3) is 5.70. The van der Waals surface area contributed by atoms with Crippen molar-refractivity contribution in [3.63, 3.8) is 0 Å². The Balaban J connectivity index is 1.40. The van der Waals surface area contributed by atoms with E-state index in [4.69, 9.17) is 9.15 Å². The van der Waals surface area contributed by atoms with E-state index in [1.807, 2.05) is 49.6 Å². The zero-order valence-corrected chi connectivity index (χ0v) is 23.0. The van der Waals surface area contributed by atoms with Crippen LogP contribution in [0.1, 0.15) is 33.4 Å². The van der Waals surface area contributed by atoms with Gasteiger partial charge in [0.15, 0.2) is 0 Å². The molecular formula is C29H30N2O5S2. The van der Waals surface area contributed by atoms with Crippen molar-refractivity contribution >= 4 is 27.3 Å². The van der Waals surface area contributed by atoms with Crippen LogP contribution in [0.15, 0.2) is 87.7 Å². The predicted octanol–water partition coefficient (Wildman–Crippen LogP) is 5.35. The molecule has 198 valence electrons. The molecule has 2 aromatic carbocycles. The standard InChI is InChI=1S/C29H30N2O5S2/c1-21-5-9-23(10-6-21)36-20-27-26-14-17-37-28(26)13-15-31(27)29(32)19-30(18-24-4-3-16-35-24)38(33,34)25-11-7-22(2)8-12-25/h3-12,14,16-17,27H,13,15,18-20H2,1-2H3/t27-/m0/s1. The number of rotatable bonds is 9. The van der Waals surface area contributed by atoms with E-state index in [0.29, 0.717) is 12.3 Å². The number of aryl methyl sites for hydroxylation is 2. The molecule has 0 N–H and O–H groups in total. The quantitative estimate of drug-likeness (QED) is 0.281. The summed E-state index contributed by atoms with van der Waals surface area (Å²) in [5.74, 6) is 0.917. The Hall–Kier alpha value is -3.40. The Bertz CT molecular complexity index is 1480. The van der Waals surface area contributed by atoms with Gasteiger partial charge in [0, 0.05) is 11.4 Å². The first-order valence-corrected chi connectivity index (χ1v) is 14.8. The summed E-state index contributed by atoms with van der Waals surface area (Å²) in [5, 5.41) is 2.03. The topological polar surface area (TPSA) is 80.1 Å². The third-order valence-electron chi connectivity index (χ3n) is 6.73. The molecule has 0 fully saturated rings. The number of hydrogen-bond donors (Lipinski definition) is 0. The number of fused-ring (bicyclic) bond motifs is 1. The Morgan fingerprint density at radius 3 is 2.45 bits per heavy atom. The Kier molecular flexibility index (Phi) is 7.69. The van der Waals surface area contributed by atoms with E-state index in [1.54, 1.807) is 52.6 Å². The number of carbonyl (C=O) groups is 1. The summed E-state index contributed by atoms with van der Waals surface area (Å²) < 4.78 is 40.1. The van der Waals surface area contributed by atoms with Gasteiger partial charge in [-0.15, -0.1) is 11.3 Å². The summed E-state index contributed by atoms with van der Waals surface area (Å²) >= 11 is 1.67. The fraction of sp³-hybridized carbons (Fsp3) is 0.276. The monoisotopic (exact) mass is 550 g/mol. The number of amides is 1. The van der Waals surface area contributed by atoms with Gasteiger partial charge in [-0.1, -0.05) is 35.4 Å². The van der Waals surface area contributed by atoms with Gasteiger partial charge in [0.1, 0.15) is 18.1 Å². The SMILES string of the molecule is Cc1ccc(OC[C@H]2c3ccsc3CCN2C(=O)CN(Cc2ccco2)S(=O)(=O)c2ccc(C)cc2)cc1. The van der Waals surface area contributed by atoms with E-state index in [2.05, 4.69) is 0 Å². The molecule has 0 unspecified atom stereocenters. The third-order valence-corrected chi connectivity index (χ3v) is 9.53. The smallest absolute Gasteiger partial charge is 0.243 e. The fourth-order valence-corrected chi connectivity index (χ4v) is 6.87. The van der Waals surface area contributed by atoms with Gasteiger partial charge in [-0.25, -0.2) is 8.42 Å². The number of carbonyl (C=O) groups excluding carboxylic acids is 1. The molecule has 1 aliphatic rings. The van der Waals surface area contributed by atoms with Gasteiger partial charge < -0.3 is 14.1 Å². The largest absolute Gasteiger partial charge is 0.491 e. The van der Waals surface area contributed by atoms with Gasteiger partial charge in [0.2, 0.25) is 15.9 Å². The van der Waals surface area contributed by atoms with E-state index in [-0.39, 0.29) is 36.5 Å². The van der Waals surface area contributed by atoms with E-state index < -0.39 is 10.0 Å². The van der Waals surface area contributed by atoms with Gasteiger partial charge in [-0.2, -0.15) is 4.31 Å². The van der Waals surface area contributed by atoms with Crippen molar-refractivity contribution in [3.8, 4) is 5.75 Å². The van der Waals surface area contributed by atoms with Crippen molar-refractivity contribution in [1.29, 1.82) is 0 Å². The lowest BCUT2D eigenvalue weighted by Crippen LogP contribution is -2.47. The minimum Gasteiger partial charge on any atom is -0.491 e. The second kappa shape index (κ2) is 11.1. The summed E-state index contributed by atoms with van der Waals surface area (Å²) in [7, 11) is -3.96. The van der Waals surface area contributed by atoms with Crippen molar-refractivity contribution in [2.75, 3.05) is 19.7 Å². The maximum Gasteiger partial charge on any atom is 0.243 e. The van der Waals surface area contributed by atoms with E-state index >= 15 is 0 Å². The van der Waals surface area contributed by atoms with Crippen LogP contribution in [0.3, 0.4) is 0 Å². The summed E-state index contributed by atoms with van der Waals surface area (Å²) in [6.07, 6.45) is 2.22. The van der Waals surface area contributed by atoms with Crippen molar-refractivity contribution in [2.45, 2.75) is 37.8 Å². The lowest BCUT2D eigenvalue weighted by molar-refractivity contribution is -0.135. The van der Waals surface area contributed by atoms with E-state index in [0.717, 1.165) is 28.9 Å². The zero-order chi connectivity index (χ0) is 26.7. The number of furan rings is 1. The van der Waals surface area contributed by atoms with Crippen molar-refractivity contribution in [1.82, 2.24) is 9.21 Å². The summed E-state index contributed by atoms with van der Waals surface area (Å²) in [6.45, 7) is 4.33. The molecule has 0 aliphatic carbocycles. The first-order valence-electron chi connectivity index (χ1n) is 12.5. The predicted molar refractivity (Wildman–Crippen MR) is 147 cm³/mol. The lowest BCUT2D eigenvalue weighted by atomic mass is 10.0. The molecule has 1 atom stereocenters. The molecule has 3 heterocycles. The highest BCUT2D eigenvalue weighted by Gasteiger charge is 2.35. The van der Waals surface area contributed by atoms with Crippen LogP contribution in [-0.2, 0) is 27.8 Å². The summed E-state index contributed by atoms with van der Waals surface area (Å²) in [5.41, 5.74) is 3.15. The zero-order valence-electron chi connectivity index (χ0n) is 21.4. The molecule has 1 amide bonds. The van der Waals surface area contributed by atoms with Crippen LogP contribution in [-0.4, -0.2) is 43.2 Å². The van der Waals surface area contributed by atoms with Crippen molar-refractivity contribution in [3.05, 3.63) is 106 Å². The average Bonchev–Trinajstić information content (AvgIpc) is 3.60. The van der Waals surface area contributed by atoms with Gasteiger partial charge >= 0.3 is 0 Å². The highest BCUT2D eigenvalue weighted by Crippen LogP contribution is 2.34. The van der Waals surface area contributed by atoms with E-state index in [9.17, 15) is 13.2 Å². The molecule has 1 aliphatic heterocycles. The molecule has 4 aromatic rings. The van der Waals surface area contributed by atoms with E-state index in [1.165, 1.54) is 15.4 Å². The number of ether oxygens (including phenoxy) is 1. The number of hydrogen-bond acceptors (Lipinski definition) is 6. The van der Waals surface area contributed by atoms with Gasteiger partial charge in [0.25, 0.3) is 0 Å². The first-order chi connectivity index (χ1) is 18.3. The highest BCUT2D eigenvalue weighted by molar-refractivity contribution is 7.89. The van der Waals surface area contributed by atoms with Gasteiger partial charge in [-0.05, 0) is 73.7 Å². The van der Waals surface area contributed by atoms with Crippen molar-refractivity contribution in [2.24, 2.45) is 0 Å². The maximum absolute atomic E-state index is 13.8. The summed E-state index contributed by atoms with van der Waals surface area (Å²) in [4.78, 5) is 16.9. The molecule has 7 nitrogen and oxygen atoms in total. The van der Waals surface area contributed by atoms with Crippen LogP contribution in [0, 0.1) is 13.8 Å². The molecule has 2 aromatic heterocycles. The molecule has 5 rings (SSSR count). The molecule has 38 heavy (non-hydrogen) atoms. The number of sulfonamides is 1. The summed E-state index contributed by atoms with van der Waals surface area (Å²) in [6, 6.07) is 19.6. The second-order valence-electron chi connectivity index (χ2n) is 9.44. The van der Waals surface area contributed by atoms with Crippen LogP contribution in [0.5, 0.6) is 5.75 Å². The van der Waals surface area contributed by atoms with Gasteiger partial charge in [-0.3, -0.25) is 4.79 Å². The Morgan fingerprint density at radius 1 is 1.05 bits per heavy atom. The first kappa shape index (κ1) is 26.2. The lowest BCUT2D eigenvalue weighted by Gasteiger charge is -2.37. The average molecular weight is 551 g/mol. The second-order valence-corrected chi connectivity index (χ2v) is 12.4. The number of thiophene rings is 1. The van der Waals surface area contributed by atoms with Crippen LogP contribution >= 0.6 is 11.3 Å². The number of nitrogens with zero attached hydrogens (tertiary/aromatic N) is 2. The molecular weight excluding hydrogens is 520 g/mol. The highest BCUT2D eigenvalue weighted by atomic mass is 32.2. The van der Waals surface area contributed by atoms with Gasteiger partial charge in [0.05, 0.1) is 30.3 Å². The molecule has 0 spiro atoms. The van der Waals surface area contributed by atoms with Crippen LogP contribution in [0.25, 0.3) is 0 Å².